The van der Waals surface area contributed by atoms with Crippen molar-refractivity contribution in [2.24, 2.45) is 0 Å². The molecule has 0 N–H and O–H groups in total. The number of nitrogens with zero attached hydrogens (tertiary/aromatic N) is 3. The van der Waals surface area contributed by atoms with Crippen LogP contribution in [0, 0.1) is 0 Å². The van der Waals surface area contributed by atoms with Crippen molar-refractivity contribution in [2.75, 3.05) is 0 Å². The summed E-state index contributed by atoms with van der Waals surface area (Å²) >= 11 is 12.4. The predicted molar refractivity (Wildman–Crippen MR) is 97.8 cm³/mol. The quantitative estimate of drug-likeness (QED) is 0.655. The van der Waals surface area contributed by atoms with Crippen LogP contribution in [0.4, 0.5) is 0 Å². The molecule has 1 saturated carbocycles. The number of aromatic nitrogens is 3. The molecule has 0 saturated heterocycles. The molecule has 0 aliphatic heterocycles. The summed E-state index contributed by atoms with van der Waals surface area (Å²) in [5, 5.41) is 5.31. The summed E-state index contributed by atoms with van der Waals surface area (Å²) in [4.78, 5) is 3.98. The van der Waals surface area contributed by atoms with Gasteiger partial charge >= 0.3 is 0 Å². The minimum atomic E-state index is 0.201. The van der Waals surface area contributed by atoms with Crippen molar-refractivity contribution in [3.63, 3.8) is 0 Å². The molecule has 6 heteroatoms. The van der Waals surface area contributed by atoms with Gasteiger partial charge in [0.2, 0.25) is 0 Å². The Kier molecular flexibility index (Phi) is 6.16. The van der Waals surface area contributed by atoms with Gasteiger partial charge in [-0.1, -0.05) is 42.5 Å². The van der Waals surface area contributed by atoms with Crippen LogP contribution in [-0.4, -0.2) is 20.9 Å². The van der Waals surface area contributed by atoms with Crippen LogP contribution in [0.1, 0.15) is 50.5 Å². The summed E-state index contributed by atoms with van der Waals surface area (Å²) in [6, 6.07) is 5.44. The summed E-state index contributed by atoms with van der Waals surface area (Å²) < 4.78 is 7.98. The molecule has 128 valence electrons. The molecule has 3 rings (SSSR count). The van der Waals surface area contributed by atoms with Crippen LogP contribution in [0.2, 0.25) is 10.0 Å². The molecular formula is C18H21Cl2N3O. The maximum atomic E-state index is 6.39. The second-order valence-corrected chi connectivity index (χ2v) is 6.92. The van der Waals surface area contributed by atoms with Crippen LogP contribution in [0.15, 0.2) is 30.9 Å². The largest absolute Gasteiger partial charge is 0.488 e. The van der Waals surface area contributed by atoms with Gasteiger partial charge < -0.3 is 4.74 Å². The predicted octanol–water partition coefficient (Wildman–Crippen LogP) is 5.67. The lowest BCUT2D eigenvalue weighted by Gasteiger charge is -2.23. The van der Waals surface area contributed by atoms with E-state index in [1.165, 1.54) is 38.4 Å². The molecule has 24 heavy (non-hydrogen) atoms. The Morgan fingerprint density at radius 2 is 1.88 bits per heavy atom. The van der Waals surface area contributed by atoms with Crippen molar-refractivity contribution in [1.82, 2.24) is 14.8 Å². The first-order chi connectivity index (χ1) is 11.7. The maximum Gasteiger partial charge on any atom is 0.146 e. The molecular weight excluding hydrogens is 345 g/mol. The molecule has 0 unspecified atom stereocenters. The molecule has 1 aliphatic carbocycles. The third kappa shape index (κ3) is 4.74. The van der Waals surface area contributed by atoms with E-state index in [9.17, 15) is 0 Å². The van der Waals surface area contributed by atoms with Crippen LogP contribution in [-0.2, 0) is 4.74 Å². The summed E-state index contributed by atoms with van der Waals surface area (Å²) in [5.41, 5.74) is 0.818. The Bertz CT molecular complexity index is 678. The molecule has 2 aromatic rings. The molecule has 0 bridgehead atoms. The third-order valence-corrected chi connectivity index (χ3v) is 4.78. The minimum absolute atomic E-state index is 0.201. The monoisotopic (exact) mass is 365 g/mol. The van der Waals surface area contributed by atoms with Crippen molar-refractivity contribution in [3.05, 3.63) is 46.5 Å². The van der Waals surface area contributed by atoms with Crippen molar-refractivity contribution in [2.45, 2.75) is 51.0 Å². The molecule has 0 atom stereocenters. The van der Waals surface area contributed by atoms with Crippen LogP contribution in [0.25, 0.3) is 12.0 Å². The van der Waals surface area contributed by atoms with Gasteiger partial charge in [-0.2, -0.15) is 5.10 Å². The maximum absolute atomic E-state index is 6.39. The van der Waals surface area contributed by atoms with E-state index in [4.69, 9.17) is 27.9 Å². The number of halogens is 2. The van der Waals surface area contributed by atoms with E-state index in [0.717, 1.165) is 18.4 Å². The fourth-order valence-corrected chi connectivity index (χ4v) is 3.47. The van der Waals surface area contributed by atoms with E-state index < -0.39 is 0 Å². The van der Waals surface area contributed by atoms with E-state index in [1.807, 2.05) is 18.3 Å². The number of benzene rings is 1. The van der Waals surface area contributed by atoms with Crippen molar-refractivity contribution >= 4 is 35.2 Å². The normalized spacial score (nSPS) is 17.3. The summed E-state index contributed by atoms with van der Waals surface area (Å²) in [6.07, 6.45) is 13.6. The van der Waals surface area contributed by atoms with Gasteiger partial charge in [0.1, 0.15) is 18.4 Å². The fourth-order valence-electron chi connectivity index (χ4n) is 2.97. The fraction of sp³-hybridized carbons (Fsp3) is 0.444. The first-order valence-corrected chi connectivity index (χ1v) is 9.16. The van der Waals surface area contributed by atoms with Gasteiger partial charge in [-0.15, -0.1) is 0 Å². The number of hydrogen-bond donors (Lipinski definition) is 0. The Morgan fingerprint density at radius 3 is 2.54 bits per heavy atom. The van der Waals surface area contributed by atoms with E-state index in [2.05, 4.69) is 10.1 Å². The number of rotatable bonds is 4. The first kappa shape index (κ1) is 17.3. The second kappa shape index (κ2) is 8.54. The zero-order valence-corrected chi connectivity index (χ0v) is 15.0. The van der Waals surface area contributed by atoms with Crippen LogP contribution >= 0.6 is 23.2 Å². The lowest BCUT2D eigenvalue weighted by Crippen LogP contribution is -2.14. The summed E-state index contributed by atoms with van der Waals surface area (Å²) in [7, 11) is 0. The van der Waals surface area contributed by atoms with Gasteiger partial charge in [-0.25, -0.2) is 9.67 Å². The highest BCUT2D eigenvalue weighted by Crippen LogP contribution is 2.31. The molecule has 0 amide bonds. The van der Waals surface area contributed by atoms with Crippen LogP contribution in [0.3, 0.4) is 0 Å². The Balaban J connectivity index is 1.87. The second-order valence-electron chi connectivity index (χ2n) is 6.08. The molecule has 1 heterocycles. The van der Waals surface area contributed by atoms with Gasteiger partial charge in [-0.3, -0.25) is 0 Å². The van der Waals surface area contributed by atoms with Gasteiger partial charge in [0.15, 0.2) is 0 Å². The Hall–Kier alpha value is -1.52. The molecule has 1 aromatic carbocycles. The van der Waals surface area contributed by atoms with Crippen molar-refractivity contribution < 1.29 is 4.74 Å². The minimum Gasteiger partial charge on any atom is -0.488 e. The molecule has 1 aliphatic rings. The highest BCUT2D eigenvalue weighted by atomic mass is 35.5. The molecule has 0 spiro atoms. The first-order valence-electron chi connectivity index (χ1n) is 8.40. The van der Waals surface area contributed by atoms with Crippen LogP contribution in [0.5, 0.6) is 0 Å². The van der Waals surface area contributed by atoms with Crippen molar-refractivity contribution in [3.8, 4) is 0 Å². The smallest absolute Gasteiger partial charge is 0.146 e. The highest BCUT2D eigenvalue weighted by Gasteiger charge is 2.17. The number of ether oxygens (including phenoxy) is 1. The molecule has 1 aromatic heterocycles. The Morgan fingerprint density at radius 1 is 1.12 bits per heavy atom. The lowest BCUT2D eigenvalue weighted by atomic mass is 9.98. The van der Waals surface area contributed by atoms with E-state index in [1.54, 1.807) is 17.1 Å². The average Bonchev–Trinajstić information content (AvgIpc) is 3.02. The standard InChI is InChI=1S/C18H21Cl2N3O/c19-14-8-9-16(17(20)10-14)18(11-23-13-21-12-22-23)24-15-6-4-2-1-3-5-7-15/h8-13,15H,1-7H2. The lowest BCUT2D eigenvalue weighted by molar-refractivity contribution is 0.136. The molecule has 0 radical (unpaired) electrons. The van der Waals surface area contributed by atoms with E-state index in [-0.39, 0.29) is 6.10 Å². The van der Waals surface area contributed by atoms with Crippen molar-refractivity contribution in [1.29, 1.82) is 0 Å². The summed E-state index contributed by atoms with van der Waals surface area (Å²) in [6.45, 7) is 0. The van der Waals surface area contributed by atoms with Gasteiger partial charge in [0, 0.05) is 10.6 Å². The molecule has 1 fully saturated rings. The third-order valence-electron chi connectivity index (χ3n) is 4.23. The zero-order chi connectivity index (χ0) is 16.8. The average molecular weight is 366 g/mol. The van der Waals surface area contributed by atoms with Crippen LogP contribution < -0.4 is 0 Å². The Labute approximate surface area is 152 Å². The molecule has 4 nitrogen and oxygen atoms in total. The number of hydrogen-bond acceptors (Lipinski definition) is 3. The van der Waals surface area contributed by atoms with Gasteiger partial charge in [0.25, 0.3) is 0 Å². The van der Waals surface area contributed by atoms with Gasteiger partial charge in [-0.05, 0) is 43.9 Å². The zero-order valence-electron chi connectivity index (χ0n) is 13.5. The van der Waals surface area contributed by atoms with E-state index in [0.29, 0.717) is 15.8 Å². The van der Waals surface area contributed by atoms with E-state index >= 15 is 0 Å². The topological polar surface area (TPSA) is 39.9 Å². The van der Waals surface area contributed by atoms with Gasteiger partial charge in [0.05, 0.1) is 17.3 Å². The SMILES string of the molecule is Clc1ccc(C(=Cn2cncn2)OC2CCCCCCC2)c(Cl)c1. The summed E-state index contributed by atoms with van der Waals surface area (Å²) in [5.74, 6) is 0.702. The highest BCUT2D eigenvalue weighted by molar-refractivity contribution is 6.35.